The Morgan fingerprint density at radius 1 is 0.611 bits per heavy atom. The standard InChI is InChI=1S/C17H37N/c1-5-6-7-8-9-10-11-12-13-14-15-16-18-17(2,3)4/h18H,5-16H2,1-4H3. The van der Waals surface area contributed by atoms with E-state index in [0.29, 0.717) is 5.54 Å². The zero-order chi connectivity index (χ0) is 13.7. The van der Waals surface area contributed by atoms with Gasteiger partial charge in [-0.2, -0.15) is 0 Å². The van der Waals surface area contributed by atoms with E-state index in [9.17, 15) is 0 Å². The van der Waals surface area contributed by atoms with E-state index >= 15 is 0 Å². The normalized spacial score (nSPS) is 12.0. The molecule has 0 aliphatic carbocycles. The van der Waals surface area contributed by atoms with Gasteiger partial charge < -0.3 is 5.32 Å². The fourth-order valence-corrected chi connectivity index (χ4v) is 2.25. The Balaban J connectivity index is 2.99. The summed E-state index contributed by atoms with van der Waals surface area (Å²) in [5.41, 5.74) is 0.290. The Kier molecular flexibility index (Phi) is 12.0. The molecule has 0 radical (unpaired) electrons. The van der Waals surface area contributed by atoms with Crippen LogP contribution in [0.3, 0.4) is 0 Å². The minimum absolute atomic E-state index is 0.290. The van der Waals surface area contributed by atoms with E-state index in [1.165, 1.54) is 77.2 Å². The SMILES string of the molecule is CCCCCCCCCCCCCNC(C)(C)C. The Morgan fingerprint density at radius 3 is 1.39 bits per heavy atom. The molecule has 0 aromatic heterocycles. The van der Waals surface area contributed by atoms with Crippen molar-refractivity contribution in [1.82, 2.24) is 5.32 Å². The van der Waals surface area contributed by atoms with E-state index in [2.05, 4.69) is 33.0 Å². The molecule has 0 saturated heterocycles. The van der Waals surface area contributed by atoms with E-state index in [4.69, 9.17) is 0 Å². The minimum Gasteiger partial charge on any atom is -0.312 e. The summed E-state index contributed by atoms with van der Waals surface area (Å²) >= 11 is 0. The maximum Gasteiger partial charge on any atom is 0.00965 e. The lowest BCUT2D eigenvalue weighted by atomic mass is 10.1. The Morgan fingerprint density at radius 2 is 1.00 bits per heavy atom. The Labute approximate surface area is 116 Å². The zero-order valence-corrected chi connectivity index (χ0v) is 13.5. The van der Waals surface area contributed by atoms with Gasteiger partial charge in [-0.1, -0.05) is 71.1 Å². The second-order valence-electron chi connectivity index (χ2n) is 6.71. The molecular weight excluding hydrogens is 218 g/mol. The van der Waals surface area contributed by atoms with Crippen molar-refractivity contribution in [3.8, 4) is 0 Å². The lowest BCUT2D eigenvalue weighted by molar-refractivity contribution is 0.415. The molecule has 0 rings (SSSR count). The average Bonchev–Trinajstić information content (AvgIpc) is 2.29. The second kappa shape index (κ2) is 12.0. The lowest BCUT2D eigenvalue weighted by Gasteiger charge is -2.20. The van der Waals surface area contributed by atoms with E-state index < -0.39 is 0 Å². The van der Waals surface area contributed by atoms with Crippen LogP contribution in [0.4, 0.5) is 0 Å². The highest BCUT2D eigenvalue weighted by atomic mass is 14.9. The van der Waals surface area contributed by atoms with Gasteiger partial charge in [0.25, 0.3) is 0 Å². The van der Waals surface area contributed by atoms with Crippen LogP contribution in [0.2, 0.25) is 0 Å². The van der Waals surface area contributed by atoms with Gasteiger partial charge in [-0.25, -0.2) is 0 Å². The van der Waals surface area contributed by atoms with Gasteiger partial charge in [0.15, 0.2) is 0 Å². The summed E-state index contributed by atoms with van der Waals surface area (Å²) < 4.78 is 0. The third-order valence-corrected chi connectivity index (χ3v) is 3.44. The van der Waals surface area contributed by atoms with Crippen molar-refractivity contribution in [2.24, 2.45) is 0 Å². The van der Waals surface area contributed by atoms with E-state index in [1.807, 2.05) is 0 Å². The monoisotopic (exact) mass is 255 g/mol. The van der Waals surface area contributed by atoms with Gasteiger partial charge >= 0.3 is 0 Å². The van der Waals surface area contributed by atoms with Gasteiger partial charge in [-0.05, 0) is 33.7 Å². The summed E-state index contributed by atoms with van der Waals surface area (Å²) in [5.74, 6) is 0. The summed E-state index contributed by atoms with van der Waals surface area (Å²) in [5, 5.41) is 3.55. The van der Waals surface area contributed by atoms with Gasteiger partial charge in [-0.15, -0.1) is 0 Å². The van der Waals surface area contributed by atoms with Crippen LogP contribution in [0.25, 0.3) is 0 Å². The van der Waals surface area contributed by atoms with Gasteiger partial charge in [0.1, 0.15) is 0 Å². The number of hydrogen-bond acceptors (Lipinski definition) is 1. The third-order valence-electron chi connectivity index (χ3n) is 3.44. The minimum atomic E-state index is 0.290. The van der Waals surface area contributed by atoms with Crippen LogP contribution in [0.15, 0.2) is 0 Å². The summed E-state index contributed by atoms with van der Waals surface area (Å²) in [4.78, 5) is 0. The van der Waals surface area contributed by atoms with Crippen molar-refractivity contribution in [1.29, 1.82) is 0 Å². The Hall–Kier alpha value is -0.0400. The zero-order valence-electron chi connectivity index (χ0n) is 13.5. The first-order valence-electron chi connectivity index (χ1n) is 8.31. The van der Waals surface area contributed by atoms with E-state index in [-0.39, 0.29) is 0 Å². The highest BCUT2D eigenvalue weighted by molar-refractivity contribution is 4.69. The quantitative estimate of drug-likeness (QED) is 0.442. The predicted octanol–water partition coefficient (Wildman–Crippen LogP) is 5.69. The maximum absolute atomic E-state index is 3.55. The first-order chi connectivity index (χ1) is 8.56. The first kappa shape index (κ1) is 18.0. The summed E-state index contributed by atoms with van der Waals surface area (Å²) in [7, 11) is 0. The van der Waals surface area contributed by atoms with Crippen LogP contribution in [0.1, 0.15) is 98.3 Å². The molecule has 1 heteroatoms. The number of nitrogens with one attached hydrogen (secondary N) is 1. The molecule has 0 fully saturated rings. The molecule has 0 atom stereocenters. The van der Waals surface area contributed by atoms with Crippen LogP contribution in [-0.4, -0.2) is 12.1 Å². The molecule has 0 amide bonds. The first-order valence-corrected chi connectivity index (χ1v) is 8.31. The second-order valence-corrected chi connectivity index (χ2v) is 6.71. The molecule has 0 aromatic carbocycles. The van der Waals surface area contributed by atoms with Crippen molar-refractivity contribution >= 4 is 0 Å². The molecule has 110 valence electrons. The summed E-state index contributed by atoms with van der Waals surface area (Å²) in [6.45, 7) is 10.2. The molecule has 1 nitrogen and oxygen atoms in total. The molecule has 0 saturated carbocycles. The van der Waals surface area contributed by atoms with E-state index in [1.54, 1.807) is 0 Å². The number of hydrogen-bond donors (Lipinski definition) is 1. The van der Waals surface area contributed by atoms with Gasteiger partial charge in [0, 0.05) is 5.54 Å². The average molecular weight is 255 g/mol. The topological polar surface area (TPSA) is 12.0 Å². The van der Waals surface area contributed by atoms with Crippen LogP contribution >= 0.6 is 0 Å². The Bertz CT molecular complexity index is 157. The van der Waals surface area contributed by atoms with Crippen molar-refractivity contribution < 1.29 is 0 Å². The molecule has 0 unspecified atom stereocenters. The van der Waals surface area contributed by atoms with Crippen LogP contribution in [0.5, 0.6) is 0 Å². The van der Waals surface area contributed by atoms with Crippen molar-refractivity contribution in [2.45, 2.75) is 104 Å². The van der Waals surface area contributed by atoms with Gasteiger partial charge in [-0.3, -0.25) is 0 Å². The van der Waals surface area contributed by atoms with Crippen molar-refractivity contribution in [3.05, 3.63) is 0 Å². The lowest BCUT2D eigenvalue weighted by Crippen LogP contribution is -2.36. The predicted molar refractivity (Wildman–Crippen MR) is 84.2 cm³/mol. The molecule has 0 aromatic rings. The molecule has 0 aliphatic heterocycles. The summed E-state index contributed by atoms with van der Waals surface area (Å²) in [6.07, 6.45) is 15.7. The van der Waals surface area contributed by atoms with Crippen LogP contribution < -0.4 is 5.32 Å². The summed E-state index contributed by atoms with van der Waals surface area (Å²) in [6, 6.07) is 0. The molecule has 0 aliphatic rings. The van der Waals surface area contributed by atoms with Crippen molar-refractivity contribution in [3.63, 3.8) is 0 Å². The van der Waals surface area contributed by atoms with Gasteiger partial charge in [0.2, 0.25) is 0 Å². The van der Waals surface area contributed by atoms with Crippen LogP contribution in [0, 0.1) is 0 Å². The smallest absolute Gasteiger partial charge is 0.00965 e. The third kappa shape index (κ3) is 16.0. The molecule has 0 heterocycles. The molecule has 1 N–H and O–H groups in total. The molecule has 18 heavy (non-hydrogen) atoms. The highest BCUT2D eigenvalue weighted by Crippen LogP contribution is 2.11. The van der Waals surface area contributed by atoms with Crippen molar-refractivity contribution in [2.75, 3.05) is 6.54 Å². The fourth-order valence-electron chi connectivity index (χ4n) is 2.25. The van der Waals surface area contributed by atoms with Gasteiger partial charge in [0.05, 0.1) is 0 Å². The number of unbranched alkanes of at least 4 members (excludes halogenated alkanes) is 10. The number of rotatable bonds is 12. The molecule has 0 spiro atoms. The van der Waals surface area contributed by atoms with E-state index in [0.717, 1.165) is 0 Å². The molecular formula is C17H37N. The maximum atomic E-state index is 3.55. The van der Waals surface area contributed by atoms with Crippen LogP contribution in [-0.2, 0) is 0 Å². The largest absolute Gasteiger partial charge is 0.312 e. The fraction of sp³-hybridized carbons (Fsp3) is 1.00. The molecule has 0 bridgehead atoms. The highest BCUT2D eigenvalue weighted by Gasteiger charge is 2.06.